The van der Waals surface area contributed by atoms with Crippen LogP contribution in [0.3, 0.4) is 0 Å². The molecule has 0 N–H and O–H groups in total. The number of carbonyl (C=O) groups is 2. The van der Waals surface area contributed by atoms with E-state index in [1.807, 2.05) is 0 Å². The van der Waals surface area contributed by atoms with Crippen LogP contribution in [0.2, 0.25) is 0 Å². The predicted octanol–water partition coefficient (Wildman–Crippen LogP) is 4.91. The van der Waals surface area contributed by atoms with Crippen molar-refractivity contribution in [1.82, 2.24) is 0 Å². The molecule has 0 aliphatic rings. The molecule has 0 aliphatic carbocycles. The maximum Gasteiger partial charge on any atom is 0.343 e. The van der Waals surface area contributed by atoms with Gasteiger partial charge in [-0.15, -0.1) is 0 Å². The third-order valence-electron chi connectivity index (χ3n) is 5.02. The van der Waals surface area contributed by atoms with Gasteiger partial charge in [0.25, 0.3) is 0 Å². The Morgan fingerprint density at radius 3 is 1.97 bits per heavy atom. The van der Waals surface area contributed by atoms with E-state index >= 15 is 0 Å². The molecule has 0 unspecified atom stereocenters. The fourth-order valence-electron chi connectivity index (χ4n) is 3.24. The fourth-order valence-corrected chi connectivity index (χ4v) is 3.24. The Kier molecular flexibility index (Phi) is 6.31. The summed E-state index contributed by atoms with van der Waals surface area (Å²) in [5.74, 6) is 0.426. The minimum atomic E-state index is -0.559. The van der Waals surface area contributed by atoms with Crippen molar-refractivity contribution in [1.29, 1.82) is 0 Å². The van der Waals surface area contributed by atoms with E-state index < -0.39 is 11.9 Å². The van der Waals surface area contributed by atoms with Gasteiger partial charge in [0.1, 0.15) is 28.6 Å². The highest BCUT2D eigenvalue weighted by atomic mass is 16.5. The van der Waals surface area contributed by atoms with E-state index in [-0.39, 0.29) is 33.7 Å². The summed E-state index contributed by atoms with van der Waals surface area (Å²) in [5, 5.41) is 0.260. The summed E-state index contributed by atoms with van der Waals surface area (Å²) in [7, 11) is 2.83. The highest BCUT2D eigenvalue weighted by Crippen LogP contribution is 2.28. The van der Waals surface area contributed by atoms with Crippen molar-refractivity contribution in [3.05, 3.63) is 93.8 Å². The van der Waals surface area contributed by atoms with Gasteiger partial charge in [-0.1, -0.05) is 0 Å². The van der Waals surface area contributed by atoms with Crippen LogP contribution in [0.25, 0.3) is 11.0 Å². The van der Waals surface area contributed by atoms with Gasteiger partial charge in [-0.25, -0.2) is 9.59 Å². The number of rotatable bonds is 6. The van der Waals surface area contributed by atoms with Crippen molar-refractivity contribution in [2.24, 2.45) is 0 Å². The molecule has 0 atom stereocenters. The second-order valence-electron chi connectivity index (χ2n) is 7.21. The third-order valence-corrected chi connectivity index (χ3v) is 5.02. The number of hydrogen-bond donors (Lipinski definition) is 0. The summed E-state index contributed by atoms with van der Waals surface area (Å²) < 4.78 is 26.7. The lowest BCUT2D eigenvalue weighted by Crippen LogP contribution is -2.10. The summed E-state index contributed by atoms with van der Waals surface area (Å²) in [4.78, 5) is 37.0. The SMILES string of the molecule is COC(=O)c1ccc(Oc2c(C)oc3cc(OC(=O)c4ccc(OC)cc4)ccc3c2=O)cc1. The number of aryl methyl sites for hydroxylation is 1. The number of benzene rings is 3. The van der Waals surface area contributed by atoms with Crippen LogP contribution >= 0.6 is 0 Å². The molecular weight excluding hydrogens is 440 g/mol. The molecule has 1 aromatic heterocycles. The van der Waals surface area contributed by atoms with Gasteiger partial charge in [-0.05, 0) is 67.6 Å². The number of carbonyl (C=O) groups excluding carboxylic acids is 2. The summed E-state index contributed by atoms with van der Waals surface area (Å²) in [6, 6.07) is 17.1. The van der Waals surface area contributed by atoms with E-state index in [1.54, 1.807) is 43.3 Å². The zero-order valence-corrected chi connectivity index (χ0v) is 18.6. The lowest BCUT2D eigenvalue weighted by Gasteiger charge is -2.10. The Balaban J connectivity index is 1.57. The topological polar surface area (TPSA) is 101 Å². The zero-order chi connectivity index (χ0) is 24.2. The van der Waals surface area contributed by atoms with Crippen LogP contribution in [0, 0.1) is 6.92 Å². The molecular formula is C26H20O8. The number of ether oxygens (including phenoxy) is 4. The van der Waals surface area contributed by atoms with Crippen LogP contribution in [-0.2, 0) is 4.74 Å². The standard InChI is InChI=1S/C26H20O8/c1-15-24(33-19-10-6-16(7-11-19)25(28)31-3)23(27)21-13-12-20(14-22(21)32-15)34-26(29)17-4-8-18(30-2)9-5-17/h4-14H,1-3H3. The smallest absolute Gasteiger partial charge is 0.343 e. The molecule has 3 aromatic carbocycles. The monoisotopic (exact) mass is 460 g/mol. The minimum Gasteiger partial charge on any atom is -0.497 e. The van der Waals surface area contributed by atoms with Gasteiger partial charge in [-0.2, -0.15) is 0 Å². The van der Waals surface area contributed by atoms with Crippen LogP contribution in [0.15, 0.2) is 75.9 Å². The summed E-state index contributed by atoms with van der Waals surface area (Å²) in [6.45, 7) is 1.59. The maximum atomic E-state index is 13.0. The van der Waals surface area contributed by atoms with E-state index in [2.05, 4.69) is 4.74 Å². The van der Waals surface area contributed by atoms with Gasteiger partial charge >= 0.3 is 11.9 Å². The quantitative estimate of drug-likeness (QED) is 0.296. The molecule has 0 amide bonds. The molecule has 0 saturated heterocycles. The van der Waals surface area contributed by atoms with Gasteiger partial charge in [-0.3, -0.25) is 4.79 Å². The van der Waals surface area contributed by atoms with Crippen LogP contribution in [-0.4, -0.2) is 26.2 Å². The second-order valence-corrected chi connectivity index (χ2v) is 7.21. The van der Waals surface area contributed by atoms with Crippen molar-refractivity contribution >= 4 is 22.9 Å². The van der Waals surface area contributed by atoms with Gasteiger partial charge in [0.15, 0.2) is 0 Å². The van der Waals surface area contributed by atoms with E-state index in [9.17, 15) is 14.4 Å². The molecule has 172 valence electrons. The van der Waals surface area contributed by atoms with Crippen LogP contribution in [0.4, 0.5) is 0 Å². The first kappa shape index (κ1) is 22.6. The maximum absolute atomic E-state index is 13.0. The van der Waals surface area contributed by atoms with Gasteiger partial charge < -0.3 is 23.4 Å². The van der Waals surface area contributed by atoms with Crippen molar-refractivity contribution in [2.45, 2.75) is 6.92 Å². The lowest BCUT2D eigenvalue weighted by atomic mass is 10.2. The second kappa shape index (κ2) is 9.50. The van der Waals surface area contributed by atoms with Crippen LogP contribution in [0.1, 0.15) is 26.5 Å². The Hall–Kier alpha value is -4.59. The molecule has 34 heavy (non-hydrogen) atoms. The van der Waals surface area contributed by atoms with Crippen LogP contribution in [0.5, 0.6) is 23.0 Å². The largest absolute Gasteiger partial charge is 0.497 e. The summed E-state index contributed by atoms with van der Waals surface area (Å²) >= 11 is 0. The molecule has 0 fully saturated rings. The van der Waals surface area contributed by atoms with E-state index in [4.69, 9.17) is 18.6 Å². The predicted molar refractivity (Wildman–Crippen MR) is 123 cm³/mol. The molecule has 8 nitrogen and oxygen atoms in total. The lowest BCUT2D eigenvalue weighted by molar-refractivity contribution is 0.0600. The molecule has 1 heterocycles. The van der Waals surface area contributed by atoms with Gasteiger partial charge in [0.2, 0.25) is 11.2 Å². The first-order valence-electron chi connectivity index (χ1n) is 10.2. The van der Waals surface area contributed by atoms with E-state index in [0.717, 1.165) is 0 Å². The molecule has 0 aliphatic heterocycles. The zero-order valence-electron chi connectivity index (χ0n) is 18.6. The van der Waals surface area contributed by atoms with Crippen molar-refractivity contribution in [3.63, 3.8) is 0 Å². The number of esters is 2. The van der Waals surface area contributed by atoms with Crippen molar-refractivity contribution in [3.8, 4) is 23.0 Å². The molecule has 0 spiro atoms. The average molecular weight is 460 g/mol. The Morgan fingerprint density at radius 1 is 0.765 bits per heavy atom. The first-order chi connectivity index (χ1) is 16.4. The third kappa shape index (κ3) is 4.61. The van der Waals surface area contributed by atoms with Crippen molar-refractivity contribution in [2.75, 3.05) is 14.2 Å². The van der Waals surface area contributed by atoms with Gasteiger partial charge in [0, 0.05) is 6.07 Å². The van der Waals surface area contributed by atoms with E-state index in [0.29, 0.717) is 22.6 Å². The molecule has 8 heteroatoms. The fraction of sp³-hybridized carbons (Fsp3) is 0.115. The number of fused-ring (bicyclic) bond motifs is 1. The first-order valence-corrected chi connectivity index (χ1v) is 10.2. The minimum absolute atomic E-state index is 0.0151. The Morgan fingerprint density at radius 2 is 1.35 bits per heavy atom. The van der Waals surface area contributed by atoms with Gasteiger partial charge in [0.05, 0.1) is 30.7 Å². The molecule has 0 radical (unpaired) electrons. The molecule has 4 rings (SSSR count). The molecule has 4 aromatic rings. The van der Waals surface area contributed by atoms with E-state index in [1.165, 1.54) is 44.6 Å². The highest BCUT2D eigenvalue weighted by molar-refractivity contribution is 5.92. The average Bonchev–Trinajstić information content (AvgIpc) is 2.86. The Labute approximate surface area is 194 Å². The molecule has 0 saturated carbocycles. The van der Waals surface area contributed by atoms with Crippen LogP contribution < -0.4 is 19.6 Å². The summed E-state index contributed by atoms with van der Waals surface area (Å²) in [5.41, 5.74) is 0.564. The highest BCUT2D eigenvalue weighted by Gasteiger charge is 2.16. The molecule has 0 bridgehead atoms. The van der Waals surface area contributed by atoms with Crippen molar-refractivity contribution < 1.29 is 33.0 Å². The normalized spacial score (nSPS) is 10.6. The number of hydrogen-bond acceptors (Lipinski definition) is 8. The number of methoxy groups -OCH3 is 2. The Bertz CT molecular complexity index is 1420. The summed E-state index contributed by atoms with van der Waals surface area (Å²) in [6.07, 6.45) is 0.